The van der Waals surface area contributed by atoms with E-state index in [1.54, 1.807) is 19.1 Å². The van der Waals surface area contributed by atoms with Crippen molar-refractivity contribution in [3.05, 3.63) is 34.6 Å². The molecule has 0 aliphatic heterocycles. The third-order valence-electron chi connectivity index (χ3n) is 2.00. The van der Waals surface area contributed by atoms with Gasteiger partial charge in [0.15, 0.2) is 0 Å². The van der Waals surface area contributed by atoms with Crippen molar-refractivity contribution in [2.45, 2.75) is 13.3 Å². The fraction of sp³-hybridized carbons (Fsp3) is 0.300. The molecule has 0 aliphatic carbocycles. The molecular weight excluding hydrogens is 169 g/mol. The minimum Gasteiger partial charge on any atom is -0.396 e. The molecule has 3 heteroatoms. The Morgan fingerprint density at radius 1 is 1.54 bits per heavy atom. The summed E-state index contributed by atoms with van der Waals surface area (Å²) in [6.07, 6.45) is 0.425. The van der Waals surface area contributed by atoms with Crippen LogP contribution in [0.25, 0.3) is 0 Å². The van der Waals surface area contributed by atoms with Gasteiger partial charge in [-0.05, 0) is 30.5 Å². The maximum absolute atomic E-state index is 13.3. The zero-order chi connectivity index (χ0) is 9.84. The van der Waals surface area contributed by atoms with Crippen molar-refractivity contribution in [1.82, 2.24) is 0 Å². The molecule has 1 rings (SSSR count). The number of benzene rings is 1. The summed E-state index contributed by atoms with van der Waals surface area (Å²) >= 11 is 0. The first-order valence-electron chi connectivity index (χ1n) is 3.99. The molecule has 0 spiro atoms. The van der Waals surface area contributed by atoms with Gasteiger partial charge in [0.05, 0.1) is 5.56 Å². The quantitative estimate of drug-likeness (QED) is 0.748. The number of aliphatic hydroxyl groups excluding tert-OH is 1. The largest absolute Gasteiger partial charge is 0.396 e. The minimum atomic E-state index is -0.478. The third kappa shape index (κ3) is 1.85. The van der Waals surface area contributed by atoms with Crippen LogP contribution < -0.4 is 0 Å². The minimum absolute atomic E-state index is 0.00776. The molecule has 1 aromatic rings. The highest BCUT2D eigenvalue weighted by atomic mass is 19.1. The highest BCUT2D eigenvalue weighted by Crippen LogP contribution is 2.16. The summed E-state index contributed by atoms with van der Waals surface area (Å²) in [7, 11) is 0. The molecule has 0 fully saturated rings. The van der Waals surface area contributed by atoms with Crippen molar-refractivity contribution in [1.29, 1.82) is 5.26 Å². The lowest BCUT2D eigenvalue weighted by molar-refractivity contribution is 0.299. The van der Waals surface area contributed by atoms with Gasteiger partial charge in [-0.25, -0.2) is 4.39 Å². The standard InChI is InChI=1S/C10H10FNO/c1-7-8(4-5-13)2-3-9(6-12)10(7)11/h2-3,13H,4-5H2,1H3. The van der Waals surface area contributed by atoms with Gasteiger partial charge in [-0.1, -0.05) is 6.07 Å². The van der Waals surface area contributed by atoms with Gasteiger partial charge in [0.1, 0.15) is 11.9 Å². The van der Waals surface area contributed by atoms with Crippen LogP contribution in [-0.4, -0.2) is 11.7 Å². The molecule has 0 heterocycles. The highest BCUT2D eigenvalue weighted by molar-refractivity contribution is 5.39. The van der Waals surface area contributed by atoms with Gasteiger partial charge in [0.2, 0.25) is 0 Å². The lowest BCUT2D eigenvalue weighted by atomic mass is 10.0. The summed E-state index contributed by atoms with van der Waals surface area (Å²) in [5.41, 5.74) is 1.26. The number of hydrogen-bond acceptors (Lipinski definition) is 2. The Morgan fingerprint density at radius 3 is 2.77 bits per heavy atom. The van der Waals surface area contributed by atoms with E-state index < -0.39 is 5.82 Å². The molecule has 13 heavy (non-hydrogen) atoms. The first-order chi connectivity index (χ1) is 6.20. The second-order valence-electron chi connectivity index (χ2n) is 2.80. The summed E-state index contributed by atoms with van der Waals surface area (Å²) in [4.78, 5) is 0. The second-order valence-corrected chi connectivity index (χ2v) is 2.80. The topological polar surface area (TPSA) is 44.0 Å². The van der Waals surface area contributed by atoms with E-state index >= 15 is 0 Å². The molecule has 2 nitrogen and oxygen atoms in total. The van der Waals surface area contributed by atoms with E-state index in [4.69, 9.17) is 10.4 Å². The monoisotopic (exact) mass is 179 g/mol. The van der Waals surface area contributed by atoms with Gasteiger partial charge in [0.25, 0.3) is 0 Å². The summed E-state index contributed by atoms with van der Waals surface area (Å²) in [5.74, 6) is -0.478. The van der Waals surface area contributed by atoms with Crippen LogP contribution in [0.3, 0.4) is 0 Å². The summed E-state index contributed by atoms with van der Waals surface area (Å²) in [5, 5.41) is 17.2. The zero-order valence-electron chi connectivity index (χ0n) is 7.34. The van der Waals surface area contributed by atoms with Crippen LogP contribution in [0.15, 0.2) is 12.1 Å². The van der Waals surface area contributed by atoms with Crippen LogP contribution in [-0.2, 0) is 6.42 Å². The van der Waals surface area contributed by atoms with Crippen molar-refractivity contribution in [3.63, 3.8) is 0 Å². The normalized spacial score (nSPS) is 9.69. The first kappa shape index (κ1) is 9.69. The number of halogens is 1. The molecule has 0 unspecified atom stereocenters. The molecule has 1 aromatic carbocycles. The third-order valence-corrected chi connectivity index (χ3v) is 2.00. The van der Waals surface area contributed by atoms with Gasteiger partial charge < -0.3 is 5.11 Å². The first-order valence-corrected chi connectivity index (χ1v) is 3.99. The van der Waals surface area contributed by atoms with Crippen LogP contribution in [0.5, 0.6) is 0 Å². The molecule has 1 N–H and O–H groups in total. The molecule has 0 aromatic heterocycles. The van der Waals surface area contributed by atoms with E-state index in [1.165, 1.54) is 6.07 Å². The Hall–Kier alpha value is -1.40. The van der Waals surface area contributed by atoms with Crippen molar-refractivity contribution < 1.29 is 9.50 Å². The number of nitriles is 1. The van der Waals surface area contributed by atoms with Gasteiger partial charge >= 0.3 is 0 Å². The number of rotatable bonds is 2. The molecule has 0 atom stereocenters. The Labute approximate surface area is 76.2 Å². The molecule has 0 radical (unpaired) electrons. The van der Waals surface area contributed by atoms with Crippen LogP contribution in [0, 0.1) is 24.1 Å². The van der Waals surface area contributed by atoms with Gasteiger partial charge in [0, 0.05) is 6.61 Å². The van der Waals surface area contributed by atoms with Crippen molar-refractivity contribution in [2.75, 3.05) is 6.61 Å². The number of hydrogen-bond donors (Lipinski definition) is 1. The number of aliphatic hydroxyl groups is 1. The van der Waals surface area contributed by atoms with Crippen molar-refractivity contribution in [2.24, 2.45) is 0 Å². The molecule has 0 aliphatic rings. The van der Waals surface area contributed by atoms with Crippen LogP contribution in [0.1, 0.15) is 16.7 Å². The average Bonchev–Trinajstić information content (AvgIpc) is 2.14. The lowest BCUT2D eigenvalue weighted by Gasteiger charge is -2.05. The molecule has 0 bridgehead atoms. The number of nitrogens with zero attached hydrogens (tertiary/aromatic N) is 1. The fourth-order valence-electron chi connectivity index (χ4n) is 1.20. The molecule has 0 saturated heterocycles. The summed E-state index contributed by atoms with van der Waals surface area (Å²) in [6, 6.07) is 4.88. The second kappa shape index (κ2) is 4.01. The smallest absolute Gasteiger partial charge is 0.144 e. The zero-order valence-corrected chi connectivity index (χ0v) is 7.34. The Morgan fingerprint density at radius 2 is 2.23 bits per heavy atom. The maximum atomic E-state index is 13.3. The SMILES string of the molecule is Cc1c(CCO)ccc(C#N)c1F. The van der Waals surface area contributed by atoms with E-state index in [-0.39, 0.29) is 12.2 Å². The lowest BCUT2D eigenvalue weighted by Crippen LogP contribution is -1.98. The van der Waals surface area contributed by atoms with Gasteiger partial charge in [-0.2, -0.15) is 5.26 Å². The molecule has 0 amide bonds. The maximum Gasteiger partial charge on any atom is 0.144 e. The van der Waals surface area contributed by atoms with E-state index in [0.717, 1.165) is 5.56 Å². The van der Waals surface area contributed by atoms with E-state index in [0.29, 0.717) is 12.0 Å². The van der Waals surface area contributed by atoms with Gasteiger partial charge in [-0.3, -0.25) is 0 Å². The van der Waals surface area contributed by atoms with Crippen LogP contribution in [0.4, 0.5) is 4.39 Å². The van der Waals surface area contributed by atoms with Crippen LogP contribution in [0.2, 0.25) is 0 Å². The molecule has 68 valence electrons. The predicted molar refractivity (Wildman–Crippen MR) is 46.6 cm³/mol. The van der Waals surface area contributed by atoms with E-state index in [2.05, 4.69) is 0 Å². The van der Waals surface area contributed by atoms with E-state index in [9.17, 15) is 4.39 Å². The molecular formula is C10H10FNO. The summed E-state index contributed by atoms with van der Waals surface area (Å²) < 4.78 is 13.3. The Kier molecular flexibility index (Phi) is 2.99. The Balaban J connectivity index is 3.17. The Bertz CT molecular complexity index is 355. The highest BCUT2D eigenvalue weighted by Gasteiger charge is 2.08. The van der Waals surface area contributed by atoms with Crippen molar-refractivity contribution in [3.8, 4) is 6.07 Å². The molecule has 0 saturated carbocycles. The van der Waals surface area contributed by atoms with Crippen molar-refractivity contribution >= 4 is 0 Å². The summed E-state index contributed by atoms with van der Waals surface area (Å²) in [6.45, 7) is 1.60. The fourth-order valence-corrected chi connectivity index (χ4v) is 1.20. The predicted octanol–water partition coefficient (Wildman–Crippen LogP) is 1.54. The average molecular weight is 179 g/mol. The van der Waals surface area contributed by atoms with E-state index in [1.807, 2.05) is 0 Å². The van der Waals surface area contributed by atoms with Gasteiger partial charge in [-0.15, -0.1) is 0 Å². The van der Waals surface area contributed by atoms with Crippen LogP contribution >= 0.6 is 0 Å².